The summed E-state index contributed by atoms with van der Waals surface area (Å²) in [5, 5.41) is 0.358. The maximum Gasteiger partial charge on any atom is 0.370 e. The maximum atomic E-state index is 11.8. The fourth-order valence-corrected chi connectivity index (χ4v) is 1.54. The molecule has 0 saturated carbocycles. The molecule has 0 N–H and O–H groups in total. The normalized spacial score (nSPS) is 13.2. The minimum atomic E-state index is -1.01. The lowest BCUT2D eigenvalue weighted by Gasteiger charge is -2.12. The number of esters is 1. The first kappa shape index (κ1) is 12.7. The molecule has 7 heteroatoms. The van der Waals surface area contributed by atoms with Crippen LogP contribution in [0.3, 0.4) is 0 Å². The van der Waals surface area contributed by atoms with E-state index in [1.54, 1.807) is 12.1 Å². The highest BCUT2D eigenvalue weighted by molar-refractivity contribution is 6.20. The van der Waals surface area contributed by atoms with Gasteiger partial charge in [0.25, 0.3) is 11.8 Å². The SMILES string of the molecule is CC(=O)OCC(=O)ON1C(=O)c2ccccc2C1=O. The van der Waals surface area contributed by atoms with Gasteiger partial charge in [-0.05, 0) is 12.1 Å². The fourth-order valence-electron chi connectivity index (χ4n) is 1.54. The molecule has 0 radical (unpaired) electrons. The van der Waals surface area contributed by atoms with Gasteiger partial charge < -0.3 is 9.57 Å². The first-order chi connectivity index (χ1) is 9.00. The first-order valence-corrected chi connectivity index (χ1v) is 5.32. The molecule has 1 aromatic carbocycles. The van der Waals surface area contributed by atoms with Crippen molar-refractivity contribution in [3.8, 4) is 0 Å². The number of benzene rings is 1. The van der Waals surface area contributed by atoms with Crippen LogP contribution in [0.1, 0.15) is 27.6 Å². The lowest BCUT2D eigenvalue weighted by Crippen LogP contribution is -2.34. The molecule has 1 heterocycles. The summed E-state index contributed by atoms with van der Waals surface area (Å²) in [6.07, 6.45) is 0. The highest BCUT2D eigenvalue weighted by Gasteiger charge is 2.38. The van der Waals surface area contributed by atoms with Crippen LogP contribution in [0.5, 0.6) is 0 Å². The molecule has 19 heavy (non-hydrogen) atoms. The lowest BCUT2D eigenvalue weighted by molar-refractivity contribution is -0.176. The molecule has 0 fully saturated rings. The molecule has 1 aliphatic heterocycles. The number of nitrogens with zero attached hydrogens (tertiary/aromatic N) is 1. The molecule has 0 aromatic heterocycles. The van der Waals surface area contributed by atoms with E-state index in [0.717, 1.165) is 6.92 Å². The van der Waals surface area contributed by atoms with Gasteiger partial charge in [0.2, 0.25) is 0 Å². The topological polar surface area (TPSA) is 90.0 Å². The number of fused-ring (bicyclic) bond motifs is 1. The predicted molar refractivity (Wildman–Crippen MR) is 59.7 cm³/mol. The zero-order valence-corrected chi connectivity index (χ0v) is 9.91. The Hall–Kier alpha value is -2.70. The number of ether oxygens (including phenoxy) is 1. The van der Waals surface area contributed by atoms with Gasteiger partial charge in [0.15, 0.2) is 6.61 Å². The largest absolute Gasteiger partial charge is 0.454 e. The molecule has 2 amide bonds. The number of hydroxylamine groups is 2. The third-order valence-electron chi connectivity index (χ3n) is 2.34. The van der Waals surface area contributed by atoms with Crippen LogP contribution in [0.15, 0.2) is 24.3 Å². The number of rotatable bonds is 3. The van der Waals surface area contributed by atoms with Crippen molar-refractivity contribution in [2.45, 2.75) is 6.92 Å². The standard InChI is InChI=1S/C12H9NO6/c1-7(14)18-6-10(15)19-13-11(16)8-4-2-3-5-9(8)12(13)17/h2-5H,6H2,1H3. The molecule has 0 aliphatic carbocycles. The van der Waals surface area contributed by atoms with Crippen molar-refractivity contribution < 1.29 is 28.8 Å². The van der Waals surface area contributed by atoms with Gasteiger partial charge in [-0.25, -0.2) is 4.79 Å². The van der Waals surface area contributed by atoms with Crippen LogP contribution in [0.4, 0.5) is 0 Å². The van der Waals surface area contributed by atoms with Crippen molar-refractivity contribution in [3.63, 3.8) is 0 Å². The molecule has 0 spiro atoms. The van der Waals surface area contributed by atoms with E-state index in [-0.39, 0.29) is 11.1 Å². The second kappa shape index (κ2) is 4.89. The van der Waals surface area contributed by atoms with Gasteiger partial charge in [0.05, 0.1) is 11.1 Å². The third kappa shape index (κ3) is 2.44. The van der Waals surface area contributed by atoms with Crippen LogP contribution in [-0.2, 0) is 19.2 Å². The van der Waals surface area contributed by atoms with Crippen molar-refractivity contribution in [2.24, 2.45) is 0 Å². The van der Waals surface area contributed by atoms with Gasteiger partial charge in [-0.2, -0.15) is 0 Å². The Bertz CT molecular complexity index is 544. The Morgan fingerprint density at radius 1 is 1.11 bits per heavy atom. The van der Waals surface area contributed by atoms with E-state index in [0.29, 0.717) is 5.06 Å². The molecule has 0 saturated heterocycles. The van der Waals surface area contributed by atoms with E-state index in [9.17, 15) is 19.2 Å². The van der Waals surface area contributed by atoms with Crippen molar-refractivity contribution in [2.75, 3.05) is 6.61 Å². The van der Waals surface area contributed by atoms with E-state index in [2.05, 4.69) is 9.57 Å². The van der Waals surface area contributed by atoms with E-state index in [4.69, 9.17) is 0 Å². The summed E-state index contributed by atoms with van der Waals surface area (Å²) in [5.41, 5.74) is 0.320. The van der Waals surface area contributed by atoms with Crippen LogP contribution in [-0.4, -0.2) is 35.4 Å². The maximum absolute atomic E-state index is 11.8. The quantitative estimate of drug-likeness (QED) is 0.575. The van der Waals surface area contributed by atoms with Crippen LogP contribution in [0, 0.1) is 0 Å². The molecule has 1 aromatic rings. The molecule has 7 nitrogen and oxygen atoms in total. The number of imide groups is 1. The molecular weight excluding hydrogens is 254 g/mol. The zero-order valence-electron chi connectivity index (χ0n) is 9.91. The molecule has 0 unspecified atom stereocenters. The van der Waals surface area contributed by atoms with E-state index < -0.39 is 30.4 Å². The number of carbonyl (C=O) groups is 4. The van der Waals surface area contributed by atoms with Crippen molar-refractivity contribution in [1.29, 1.82) is 0 Å². The Morgan fingerprint density at radius 2 is 1.63 bits per heavy atom. The summed E-state index contributed by atoms with van der Waals surface area (Å²) in [5.74, 6) is -3.13. The fraction of sp³-hybridized carbons (Fsp3) is 0.167. The number of hydrogen-bond acceptors (Lipinski definition) is 6. The molecule has 1 aliphatic rings. The summed E-state index contributed by atoms with van der Waals surface area (Å²) in [6.45, 7) is 0.456. The van der Waals surface area contributed by atoms with Crippen LogP contribution < -0.4 is 0 Å². The highest BCUT2D eigenvalue weighted by atomic mass is 16.7. The second-order valence-corrected chi connectivity index (χ2v) is 3.69. The number of amides is 2. The Kier molecular flexibility index (Phi) is 3.28. The van der Waals surface area contributed by atoms with Gasteiger partial charge >= 0.3 is 11.9 Å². The van der Waals surface area contributed by atoms with Crippen molar-refractivity contribution in [1.82, 2.24) is 5.06 Å². The van der Waals surface area contributed by atoms with Gasteiger partial charge in [0.1, 0.15) is 0 Å². The average molecular weight is 263 g/mol. The van der Waals surface area contributed by atoms with E-state index in [1.165, 1.54) is 12.1 Å². The molecule has 0 bridgehead atoms. The summed E-state index contributed by atoms with van der Waals surface area (Å²) >= 11 is 0. The Labute approximate surface area is 107 Å². The first-order valence-electron chi connectivity index (χ1n) is 5.32. The minimum Gasteiger partial charge on any atom is -0.454 e. The highest BCUT2D eigenvalue weighted by Crippen LogP contribution is 2.22. The Balaban J connectivity index is 2.08. The van der Waals surface area contributed by atoms with E-state index >= 15 is 0 Å². The number of hydrogen-bond donors (Lipinski definition) is 0. The lowest BCUT2D eigenvalue weighted by atomic mass is 10.1. The Morgan fingerprint density at radius 3 is 2.11 bits per heavy atom. The van der Waals surface area contributed by atoms with Crippen LogP contribution in [0.25, 0.3) is 0 Å². The number of carbonyl (C=O) groups excluding carboxylic acids is 4. The van der Waals surface area contributed by atoms with Gasteiger partial charge in [-0.1, -0.05) is 17.2 Å². The minimum absolute atomic E-state index is 0.160. The summed E-state index contributed by atoms with van der Waals surface area (Å²) < 4.78 is 4.40. The van der Waals surface area contributed by atoms with Gasteiger partial charge in [-0.3, -0.25) is 14.4 Å². The molecule has 2 rings (SSSR count). The molecule has 98 valence electrons. The van der Waals surface area contributed by atoms with Crippen LogP contribution >= 0.6 is 0 Å². The van der Waals surface area contributed by atoms with Gasteiger partial charge in [-0.15, -0.1) is 0 Å². The summed E-state index contributed by atoms with van der Waals surface area (Å²) in [4.78, 5) is 50.0. The molecule has 0 atom stereocenters. The summed E-state index contributed by atoms with van der Waals surface area (Å²) in [7, 11) is 0. The van der Waals surface area contributed by atoms with Crippen molar-refractivity contribution in [3.05, 3.63) is 35.4 Å². The van der Waals surface area contributed by atoms with Crippen molar-refractivity contribution >= 4 is 23.8 Å². The monoisotopic (exact) mass is 263 g/mol. The zero-order chi connectivity index (χ0) is 14.0. The third-order valence-corrected chi connectivity index (χ3v) is 2.34. The van der Waals surface area contributed by atoms with E-state index in [1.807, 2.05) is 0 Å². The average Bonchev–Trinajstić information content (AvgIpc) is 2.62. The van der Waals surface area contributed by atoms with Crippen LogP contribution in [0.2, 0.25) is 0 Å². The predicted octanol–water partition coefficient (Wildman–Crippen LogP) is 0.304. The molecular formula is C12H9NO6. The second-order valence-electron chi connectivity index (χ2n) is 3.69. The smallest absolute Gasteiger partial charge is 0.370 e. The van der Waals surface area contributed by atoms with Gasteiger partial charge in [0, 0.05) is 6.92 Å². The summed E-state index contributed by atoms with van der Waals surface area (Å²) in [6, 6.07) is 6.09.